The van der Waals surface area contributed by atoms with Crippen molar-refractivity contribution >= 4 is 25.3 Å². The minimum Gasteiger partial charge on any atom is -0.148 e. The molecule has 0 atom stereocenters. The molecular formula is C11H12S2. The van der Waals surface area contributed by atoms with E-state index in [1.807, 2.05) is 24.3 Å². The van der Waals surface area contributed by atoms with Gasteiger partial charge in [0.15, 0.2) is 0 Å². The summed E-state index contributed by atoms with van der Waals surface area (Å²) in [5.74, 6) is 0. The summed E-state index contributed by atoms with van der Waals surface area (Å²) >= 11 is 8.68. The van der Waals surface area contributed by atoms with Crippen LogP contribution in [-0.2, 0) is 0 Å². The molecule has 0 aromatic rings. The van der Waals surface area contributed by atoms with Gasteiger partial charge in [-0.25, -0.2) is 0 Å². The molecule has 68 valence electrons. The van der Waals surface area contributed by atoms with Crippen molar-refractivity contribution in [3.8, 4) is 0 Å². The maximum Gasteiger partial charge on any atom is 0.00756 e. The second-order valence-electron chi connectivity index (χ2n) is 2.70. The quantitative estimate of drug-likeness (QED) is 0.502. The maximum atomic E-state index is 4.38. The summed E-state index contributed by atoms with van der Waals surface area (Å²) in [6.07, 6.45) is 12.4. The summed E-state index contributed by atoms with van der Waals surface area (Å²) in [5.41, 5.74) is 1.19. The van der Waals surface area contributed by atoms with E-state index in [0.717, 1.165) is 16.2 Å². The summed E-state index contributed by atoms with van der Waals surface area (Å²) < 4.78 is 0. The fourth-order valence-corrected chi connectivity index (χ4v) is 1.53. The van der Waals surface area contributed by atoms with Gasteiger partial charge in [0.1, 0.15) is 0 Å². The van der Waals surface area contributed by atoms with Crippen LogP contribution < -0.4 is 0 Å². The van der Waals surface area contributed by atoms with Crippen molar-refractivity contribution < 1.29 is 0 Å². The molecule has 0 aliphatic heterocycles. The molecule has 0 amide bonds. The Balaban J connectivity index is 2.82. The van der Waals surface area contributed by atoms with Gasteiger partial charge >= 0.3 is 0 Å². The first-order chi connectivity index (χ1) is 6.24. The average molecular weight is 208 g/mol. The van der Waals surface area contributed by atoms with Crippen LogP contribution in [-0.4, -0.2) is 0 Å². The van der Waals surface area contributed by atoms with Crippen LogP contribution in [0.25, 0.3) is 0 Å². The van der Waals surface area contributed by atoms with Gasteiger partial charge in [-0.2, -0.15) is 0 Å². The lowest BCUT2D eigenvalue weighted by Gasteiger charge is -2.08. The van der Waals surface area contributed by atoms with E-state index in [9.17, 15) is 0 Å². The molecule has 0 bridgehead atoms. The first-order valence-electron chi connectivity index (χ1n) is 4.01. The highest BCUT2D eigenvalue weighted by molar-refractivity contribution is 7.85. The number of thiol groups is 2. The largest absolute Gasteiger partial charge is 0.148 e. The van der Waals surface area contributed by atoms with Crippen LogP contribution in [0.1, 0.15) is 6.42 Å². The van der Waals surface area contributed by atoms with Crippen LogP contribution >= 0.6 is 25.3 Å². The van der Waals surface area contributed by atoms with E-state index in [1.165, 1.54) is 5.57 Å². The van der Waals surface area contributed by atoms with E-state index in [1.54, 1.807) is 6.08 Å². The lowest BCUT2D eigenvalue weighted by Crippen LogP contribution is -1.87. The third-order valence-electron chi connectivity index (χ3n) is 1.68. The molecular weight excluding hydrogens is 196 g/mol. The summed E-state index contributed by atoms with van der Waals surface area (Å²) in [6.45, 7) is 3.60. The van der Waals surface area contributed by atoms with Crippen molar-refractivity contribution in [1.82, 2.24) is 0 Å². The predicted molar refractivity (Wildman–Crippen MR) is 66.2 cm³/mol. The molecule has 0 saturated heterocycles. The minimum atomic E-state index is 0.861. The molecule has 0 unspecified atom stereocenters. The standard InChI is InChI=1S/C11H12S2/c1-2-3-7-11(13)9-5-4-6-10(12)8-9/h2-7,12-13H,1,8H2/b7-3-,11-9+. The second-order valence-corrected chi connectivity index (χ2v) is 3.76. The van der Waals surface area contributed by atoms with E-state index < -0.39 is 0 Å². The topological polar surface area (TPSA) is 0 Å². The highest BCUT2D eigenvalue weighted by Gasteiger charge is 2.02. The Hall–Kier alpha value is -0.600. The molecule has 0 aromatic heterocycles. The van der Waals surface area contributed by atoms with Crippen molar-refractivity contribution in [1.29, 1.82) is 0 Å². The van der Waals surface area contributed by atoms with Crippen molar-refractivity contribution in [2.24, 2.45) is 0 Å². The van der Waals surface area contributed by atoms with Crippen molar-refractivity contribution in [3.05, 3.63) is 58.4 Å². The van der Waals surface area contributed by atoms with Crippen molar-refractivity contribution in [2.75, 3.05) is 0 Å². The number of rotatable bonds is 2. The van der Waals surface area contributed by atoms with E-state index in [0.29, 0.717) is 0 Å². The molecule has 0 N–H and O–H groups in total. The summed E-state index contributed by atoms with van der Waals surface area (Å²) in [6, 6.07) is 0. The third kappa shape index (κ3) is 3.33. The molecule has 1 aliphatic carbocycles. The molecule has 0 heterocycles. The molecule has 0 saturated carbocycles. The SMILES string of the molecule is C=C/C=C\C(S)=C1\C=CC=C(S)C1. The van der Waals surface area contributed by atoms with E-state index in [-0.39, 0.29) is 0 Å². The lowest BCUT2D eigenvalue weighted by molar-refractivity contribution is 1.24. The monoisotopic (exact) mass is 208 g/mol. The Bertz CT molecular complexity index is 317. The zero-order chi connectivity index (χ0) is 9.68. The number of allylic oxidation sites excluding steroid dienone is 8. The maximum absolute atomic E-state index is 4.38. The lowest BCUT2D eigenvalue weighted by atomic mass is 10.1. The van der Waals surface area contributed by atoms with Crippen molar-refractivity contribution in [2.45, 2.75) is 6.42 Å². The van der Waals surface area contributed by atoms with Gasteiger partial charge in [-0.15, -0.1) is 25.3 Å². The fraction of sp³-hybridized carbons (Fsp3) is 0.0909. The van der Waals surface area contributed by atoms with Crippen LogP contribution in [0.2, 0.25) is 0 Å². The second kappa shape index (κ2) is 5.20. The molecule has 2 heteroatoms. The van der Waals surface area contributed by atoms with Gasteiger partial charge in [0.05, 0.1) is 0 Å². The van der Waals surface area contributed by atoms with Crippen molar-refractivity contribution in [3.63, 3.8) is 0 Å². The normalized spacial score (nSPS) is 20.3. The molecule has 0 radical (unpaired) electrons. The number of hydrogen-bond acceptors (Lipinski definition) is 2. The molecule has 1 rings (SSSR count). The van der Waals surface area contributed by atoms with Gasteiger partial charge in [0.2, 0.25) is 0 Å². The van der Waals surface area contributed by atoms with Gasteiger partial charge in [-0.1, -0.05) is 37.0 Å². The zero-order valence-corrected chi connectivity index (χ0v) is 9.06. The summed E-state index contributed by atoms with van der Waals surface area (Å²) in [7, 11) is 0. The number of hydrogen-bond donors (Lipinski definition) is 2. The average Bonchev–Trinajstić information content (AvgIpc) is 2.14. The van der Waals surface area contributed by atoms with Crippen LogP contribution in [0, 0.1) is 0 Å². The van der Waals surface area contributed by atoms with Crippen LogP contribution in [0.5, 0.6) is 0 Å². The smallest absolute Gasteiger partial charge is 0.00756 e. The molecule has 0 aromatic carbocycles. The Morgan fingerprint density at radius 1 is 1.54 bits per heavy atom. The van der Waals surface area contributed by atoms with Gasteiger partial charge in [-0.3, -0.25) is 0 Å². The van der Waals surface area contributed by atoms with Crippen LogP contribution in [0.4, 0.5) is 0 Å². The van der Waals surface area contributed by atoms with E-state index >= 15 is 0 Å². The molecule has 0 fully saturated rings. The zero-order valence-electron chi connectivity index (χ0n) is 7.27. The minimum absolute atomic E-state index is 0.861. The van der Waals surface area contributed by atoms with Crippen LogP contribution in [0.3, 0.4) is 0 Å². The Morgan fingerprint density at radius 3 is 2.92 bits per heavy atom. The summed E-state index contributed by atoms with van der Waals surface area (Å²) in [4.78, 5) is 2.03. The summed E-state index contributed by atoms with van der Waals surface area (Å²) in [5, 5.41) is 0. The highest BCUT2D eigenvalue weighted by Crippen LogP contribution is 2.25. The fourth-order valence-electron chi connectivity index (χ4n) is 1.03. The van der Waals surface area contributed by atoms with E-state index in [4.69, 9.17) is 0 Å². The van der Waals surface area contributed by atoms with Gasteiger partial charge < -0.3 is 0 Å². The first kappa shape index (κ1) is 10.5. The Morgan fingerprint density at radius 2 is 2.31 bits per heavy atom. The Kier molecular flexibility index (Phi) is 4.19. The molecule has 0 spiro atoms. The van der Waals surface area contributed by atoms with Crippen LogP contribution in [0.15, 0.2) is 58.4 Å². The molecule has 0 nitrogen and oxygen atoms in total. The predicted octanol–water partition coefficient (Wildman–Crippen LogP) is 3.69. The molecule has 1 aliphatic rings. The Labute approximate surface area is 90.2 Å². The highest BCUT2D eigenvalue weighted by atomic mass is 32.1. The third-order valence-corrected chi connectivity index (χ3v) is 2.42. The first-order valence-corrected chi connectivity index (χ1v) is 4.91. The van der Waals surface area contributed by atoms with Gasteiger partial charge in [0, 0.05) is 11.3 Å². The van der Waals surface area contributed by atoms with Gasteiger partial charge in [0.25, 0.3) is 0 Å². The molecule has 13 heavy (non-hydrogen) atoms. The van der Waals surface area contributed by atoms with Gasteiger partial charge in [-0.05, 0) is 16.6 Å². The van der Waals surface area contributed by atoms with E-state index in [2.05, 4.69) is 37.9 Å².